The number of esters is 4. The molecule has 0 amide bonds. The zero-order valence-corrected chi connectivity index (χ0v) is 22.1. The van der Waals surface area contributed by atoms with Gasteiger partial charge in [-0.05, 0) is 35.4 Å². The molecule has 1 fully saturated rings. The van der Waals surface area contributed by atoms with Crippen molar-refractivity contribution >= 4 is 46.8 Å². The molecular weight excluding hydrogens is 531 g/mol. The van der Waals surface area contributed by atoms with Crippen LogP contribution in [0.2, 0.25) is 4.34 Å². The molecule has 0 spiro atoms. The van der Waals surface area contributed by atoms with Crippen molar-refractivity contribution in [2.24, 2.45) is 0 Å². The van der Waals surface area contributed by atoms with Gasteiger partial charge in [0, 0.05) is 39.0 Å². The largest absolute Gasteiger partial charge is 0.463 e. The Hall–Kier alpha value is -3.02. The van der Waals surface area contributed by atoms with Gasteiger partial charge in [0.25, 0.3) is 0 Å². The maximum Gasteiger partial charge on any atom is 0.303 e. The third kappa shape index (κ3) is 7.73. The number of hydrogen-bond donors (Lipinski definition) is 0. The number of ether oxygens (including phenoxy) is 5. The summed E-state index contributed by atoms with van der Waals surface area (Å²) in [6, 6.07) is 7.73. The second-order valence-electron chi connectivity index (χ2n) is 8.35. The van der Waals surface area contributed by atoms with Crippen LogP contribution in [-0.2, 0) is 49.3 Å². The van der Waals surface area contributed by atoms with E-state index >= 15 is 0 Å². The molecule has 0 N–H and O–H groups in total. The van der Waals surface area contributed by atoms with Crippen molar-refractivity contribution in [2.75, 3.05) is 6.61 Å². The van der Waals surface area contributed by atoms with Crippen LogP contribution in [0.5, 0.6) is 0 Å². The number of carbonyl (C=O) groups is 4. The van der Waals surface area contributed by atoms with Crippen molar-refractivity contribution in [2.45, 2.75) is 64.6 Å². The molecule has 200 valence electrons. The van der Waals surface area contributed by atoms with Crippen LogP contribution in [-0.4, -0.2) is 54.9 Å². The molecule has 1 aliphatic rings. The lowest BCUT2D eigenvalue weighted by Gasteiger charge is -2.44. The van der Waals surface area contributed by atoms with Crippen molar-refractivity contribution < 1.29 is 47.3 Å². The summed E-state index contributed by atoms with van der Waals surface area (Å²) in [5.74, 6) is -3.27. The van der Waals surface area contributed by atoms with Gasteiger partial charge in [0.2, 0.25) is 0 Å². The predicted molar refractivity (Wildman–Crippen MR) is 129 cm³/mol. The maximum atomic E-state index is 14.7. The van der Waals surface area contributed by atoms with E-state index < -0.39 is 60.2 Å². The Balaban J connectivity index is 2.06. The molecule has 0 unspecified atom stereocenters. The van der Waals surface area contributed by atoms with Gasteiger partial charge in [0.05, 0.1) is 4.34 Å². The van der Waals surface area contributed by atoms with Gasteiger partial charge in [-0.3, -0.25) is 19.2 Å². The van der Waals surface area contributed by atoms with E-state index in [4.69, 9.17) is 35.3 Å². The van der Waals surface area contributed by atoms with Crippen LogP contribution in [0.3, 0.4) is 0 Å². The number of carbonyl (C=O) groups excluding carboxylic acids is 4. The fourth-order valence-corrected chi connectivity index (χ4v) is 5.15. The minimum absolute atomic E-state index is 0.238. The normalized spacial score (nSPS) is 23.1. The summed E-state index contributed by atoms with van der Waals surface area (Å²) in [6.07, 6.45) is -5.80. The Morgan fingerprint density at radius 1 is 0.892 bits per heavy atom. The summed E-state index contributed by atoms with van der Waals surface area (Å²) >= 11 is 7.31. The Labute approximate surface area is 221 Å². The van der Waals surface area contributed by atoms with Gasteiger partial charge in [-0.1, -0.05) is 17.7 Å². The van der Waals surface area contributed by atoms with E-state index in [9.17, 15) is 23.6 Å². The zero-order valence-electron chi connectivity index (χ0n) is 20.5. The van der Waals surface area contributed by atoms with Gasteiger partial charge in [0.15, 0.2) is 18.3 Å². The highest BCUT2D eigenvalue weighted by Gasteiger charge is 2.52. The standard InChI is InChI=1S/C25H26ClFO9S/c1-12(28)32-11-20-23(33-13(2)29)25(35-15(4)31)24(34-14(3)30)22(36-20)16-5-7-19(27)17(9-16)10-18-6-8-21(26)37-18/h5-9,20,22-25H,10-11H2,1-4H3/t20-,22+,23-,24+,25+/m1/s1. The van der Waals surface area contributed by atoms with Crippen molar-refractivity contribution in [1.29, 1.82) is 0 Å². The molecule has 1 aromatic carbocycles. The summed E-state index contributed by atoms with van der Waals surface area (Å²) < 4.78 is 42.9. The van der Waals surface area contributed by atoms with Crippen LogP contribution >= 0.6 is 22.9 Å². The van der Waals surface area contributed by atoms with Crippen LogP contribution in [0, 0.1) is 5.82 Å². The Bertz CT molecular complexity index is 1170. The molecule has 5 atom stereocenters. The summed E-state index contributed by atoms with van der Waals surface area (Å²) in [6.45, 7) is 4.28. The molecule has 9 nitrogen and oxygen atoms in total. The molecule has 3 rings (SSSR count). The topological polar surface area (TPSA) is 114 Å². The average molecular weight is 557 g/mol. The third-order valence-electron chi connectivity index (χ3n) is 5.38. The summed E-state index contributed by atoms with van der Waals surface area (Å²) in [7, 11) is 0. The summed E-state index contributed by atoms with van der Waals surface area (Å²) in [4.78, 5) is 48.3. The molecule has 2 aromatic rings. The highest BCUT2D eigenvalue weighted by molar-refractivity contribution is 7.16. The third-order valence-corrected chi connectivity index (χ3v) is 6.61. The Morgan fingerprint density at radius 2 is 1.51 bits per heavy atom. The Morgan fingerprint density at radius 3 is 2.08 bits per heavy atom. The van der Waals surface area contributed by atoms with Gasteiger partial charge in [-0.2, -0.15) is 0 Å². The molecule has 2 heterocycles. The van der Waals surface area contributed by atoms with Gasteiger partial charge in [-0.25, -0.2) is 4.39 Å². The SMILES string of the molecule is CC(=O)OC[C@H]1O[C@@H](c2ccc(F)c(Cc3ccc(Cl)s3)c2)[C@H](OC(C)=O)[C@@H](OC(C)=O)[C@@H]1OC(C)=O. The number of benzene rings is 1. The summed E-state index contributed by atoms with van der Waals surface area (Å²) in [5, 5.41) is 0. The number of thiophene rings is 1. The van der Waals surface area contributed by atoms with Crippen molar-refractivity contribution in [3.05, 3.63) is 56.5 Å². The highest BCUT2D eigenvalue weighted by atomic mass is 35.5. The molecule has 0 bridgehead atoms. The second kappa shape index (κ2) is 12.5. The van der Waals surface area contributed by atoms with Crippen LogP contribution in [0.15, 0.2) is 30.3 Å². The van der Waals surface area contributed by atoms with Crippen LogP contribution < -0.4 is 0 Å². The number of halogens is 2. The van der Waals surface area contributed by atoms with Crippen LogP contribution in [0.4, 0.5) is 4.39 Å². The lowest BCUT2D eigenvalue weighted by molar-refractivity contribution is -0.254. The van der Waals surface area contributed by atoms with E-state index in [0.29, 0.717) is 15.5 Å². The molecule has 0 radical (unpaired) electrons. The quantitative estimate of drug-likeness (QED) is 0.352. The predicted octanol–water partition coefficient (Wildman–Crippen LogP) is 3.93. The zero-order chi connectivity index (χ0) is 27.3. The van der Waals surface area contributed by atoms with E-state index in [2.05, 4.69) is 0 Å². The van der Waals surface area contributed by atoms with Crippen molar-refractivity contribution in [3.63, 3.8) is 0 Å². The first-order valence-corrected chi connectivity index (χ1v) is 12.5. The van der Waals surface area contributed by atoms with E-state index in [1.54, 1.807) is 18.2 Å². The van der Waals surface area contributed by atoms with Crippen molar-refractivity contribution in [1.82, 2.24) is 0 Å². The van der Waals surface area contributed by atoms with E-state index in [1.807, 2.05) is 0 Å². The fraction of sp³-hybridized carbons (Fsp3) is 0.440. The minimum Gasteiger partial charge on any atom is -0.463 e. The average Bonchev–Trinajstić information content (AvgIpc) is 3.20. The number of rotatable bonds is 8. The molecule has 1 aliphatic heterocycles. The lowest BCUT2D eigenvalue weighted by Crippen LogP contribution is -2.59. The van der Waals surface area contributed by atoms with E-state index in [1.165, 1.54) is 30.4 Å². The van der Waals surface area contributed by atoms with Gasteiger partial charge in [-0.15, -0.1) is 11.3 Å². The van der Waals surface area contributed by atoms with Crippen molar-refractivity contribution in [3.8, 4) is 0 Å². The van der Waals surface area contributed by atoms with Gasteiger partial charge in [0.1, 0.15) is 24.6 Å². The van der Waals surface area contributed by atoms with E-state index in [0.717, 1.165) is 25.6 Å². The first-order valence-electron chi connectivity index (χ1n) is 11.3. The molecule has 0 saturated carbocycles. The fourth-order valence-electron chi connectivity index (χ4n) is 4.04. The van der Waals surface area contributed by atoms with Gasteiger partial charge >= 0.3 is 23.9 Å². The highest BCUT2D eigenvalue weighted by Crippen LogP contribution is 2.38. The number of hydrogen-bond acceptors (Lipinski definition) is 10. The molecule has 1 saturated heterocycles. The molecule has 1 aromatic heterocycles. The maximum absolute atomic E-state index is 14.7. The first kappa shape index (κ1) is 28.5. The van der Waals surface area contributed by atoms with Crippen LogP contribution in [0.25, 0.3) is 0 Å². The molecule has 0 aliphatic carbocycles. The Kier molecular flexibility index (Phi) is 9.63. The summed E-state index contributed by atoms with van der Waals surface area (Å²) in [5.41, 5.74) is 0.723. The van der Waals surface area contributed by atoms with Gasteiger partial charge < -0.3 is 23.7 Å². The van der Waals surface area contributed by atoms with Crippen LogP contribution in [0.1, 0.15) is 49.8 Å². The monoisotopic (exact) mass is 556 g/mol. The lowest BCUT2D eigenvalue weighted by atomic mass is 9.89. The smallest absolute Gasteiger partial charge is 0.303 e. The minimum atomic E-state index is -1.31. The van der Waals surface area contributed by atoms with E-state index in [-0.39, 0.29) is 13.0 Å². The molecular formula is C25H26ClFO9S. The first-order chi connectivity index (χ1) is 17.4. The second-order valence-corrected chi connectivity index (χ2v) is 10.2. The molecule has 12 heteroatoms. The molecule has 37 heavy (non-hydrogen) atoms.